The first-order chi connectivity index (χ1) is 15.9. The zero-order valence-electron chi connectivity index (χ0n) is 17.8. The Hall–Kier alpha value is -3.53. The maximum atomic E-state index is 6.27. The quantitative estimate of drug-likeness (QED) is 0.252. The molecule has 164 valence electrons. The number of nitrogens with zero attached hydrogens (tertiary/aromatic N) is 4. The number of hydrogen-bond acceptors (Lipinski definition) is 5. The number of rotatable bonds is 4. The Morgan fingerprint density at radius 3 is 2.82 bits per heavy atom. The Bertz CT molecular complexity index is 1540. The highest BCUT2D eigenvalue weighted by molar-refractivity contribution is 6.47. The van der Waals surface area contributed by atoms with Crippen LogP contribution >= 0.6 is 23.2 Å². The lowest BCUT2D eigenvalue weighted by Gasteiger charge is -2.14. The second-order valence-corrected chi connectivity index (χ2v) is 9.31. The summed E-state index contributed by atoms with van der Waals surface area (Å²) in [5.74, 6) is 6.89. The van der Waals surface area contributed by atoms with E-state index in [9.17, 15) is 0 Å². The van der Waals surface area contributed by atoms with Gasteiger partial charge in [0.1, 0.15) is 21.3 Å². The SMILES string of the molecule is COc1ccc2c(Cc3cccc(C(C)(Cl)Cl)c3)noc2c1C#Cc1cnc2cccnn12. The Balaban J connectivity index is 1.55. The van der Waals surface area contributed by atoms with Gasteiger partial charge in [-0.2, -0.15) is 5.10 Å². The van der Waals surface area contributed by atoms with Gasteiger partial charge in [-0.05, 0) is 48.2 Å². The van der Waals surface area contributed by atoms with Crippen LogP contribution < -0.4 is 4.74 Å². The second kappa shape index (κ2) is 8.43. The van der Waals surface area contributed by atoms with Crippen molar-refractivity contribution in [2.24, 2.45) is 0 Å². The smallest absolute Gasteiger partial charge is 0.186 e. The molecule has 0 bridgehead atoms. The zero-order chi connectivity index (χ0) is 23.0. The number of halogens is 2. The van der Waals surface area contributed by atoms with E-state index in [-0.39, 0.29) is 0 Å². The number of imidazole rings is 1. The molecule has 0 saturated heterocycles. The summed E-state index contributed by atoms with van der Waals surface area (Å²) in [5, 5.41) is 9.48. The molecule has 0 atom stereocenters. The summed E-state index contributed by atoms with van der Waals surface area (Å²) >= 11 is 12.5. The average Bonchev–Trinajstić information content (AvgIpc) is 3.41. The van der Waals surface area contributed by atoms with Gasteiger partial charge < -0.3 is 9.26 Å². The molecule has 33 heavy (non-hydrogen) atoms. The molecule has 0 saturated carbocycles. The molecule has 0 unspecified atom stereocenters. The summed E-state index contributed by atoms with van der Waals surface area (Å²) in [6, 6.07) is 15.3. The predicted octanol–water partition coefficient (Wildman–Crippen LogP) is 5.52. The van der Waals surface area contributed by atoms with E-state index in [2.05, 4.69) is 27.1 Å². The van der Waals surface area contributed by atoms with Crippen LogP contribution in [0.3, 0.4) is 0 Å². The van der Waals surface area contributed by atoms with Crippen molar-refractivity contribution in [2.45, 2.75) is 17.7 Å². The van der Waals surface area contributed by atoms with Crippen LogP contribution in [0.5, 0.6) is 5.75 Å². The van der Waals surface area contributed by atoms with E-state index in [1.165, 1.54) is 0 Å². The molecule has 0 spiro atoms. The number of fused-ring (bicyclic) bond motifs is 2. The number of hydrogen-bond donors (Lipinski definition) is 0. The van der Waals surface area contributed by atoms with Crippen molar-refractivity contribution in [3.8, 4) is 17.6 Å². The van der Waals surface area contributed by atoms with Crippen molar-refractivity contribution >= 4 is 39.8 Å². The van der Waals surface area contributed by atoms with Crippen LogP contribution in [0.2, 0.25) is 0 Å². The lowest BCUT2D eigenvalue weighted by atomic mass is 10.0. The van der Waals surface area contributed by atoms with E-state index in [1.807, 2.05) is 48.5 Å². The molecule has 5 rings (SSSR count). The van der Waals surface area contributed by atoms with Gasteiger partial charge in [-0.25, -0.2) is 9.50 Å². The minimum atomic E-state index is -0.968. The molecule has 6 nitrogen and oxygen atoms in total. The van der Waals surface area contributed by atoms with Gasteiger partial charge in [0.2, 0.25) is 0 Å². The molecular weight excluding hydrogens is 459 g/mol. The summed E-state index contributed by atoms with van der Waals surface area (Å²) in [6.45, 7) is 1.75. The minimum absolute atomic E-state index is 0.557. The number of benzene rings is 2. The largest absolute Gasteiger partial charge is 0.495 e. The Morgan fingerprint density at radius 2 is 2.00 bits per heavy atom. The molecule has 0 fully saturated rings. The van der Waals surface area contributed by atoms with Gasteiger partial charge in [0.05, 0.1) is 19.0 Å². The first kappa shape index (κ1) is 21.3. The topological polar surface area (TPSA) is 65.5 Å². The third kappa shape index (κ3) is 4.13. The molecule has 0 aliphatic rings. The predicted molar refractivity (Wildman–Crippen MR) is 128 cm³/mol. The van der Waals surface area contributed by atoms with E-state index in [1.54, 1.807) is 30.9 Å². The number of alkyl halides is 2. The fourth-order valence-corrected chi connectivity index (χ4v) is 3.88. The number of methoxy groups -OCH3 is 1. The Morgan fingerprint density at radius 1 is 1.12 bits per heavy atom. The van der Waals surface area contributed by atoms with Crippen LogP contribution in [0.15, 0.2) is 65.4 Å². The van der Waals surface area contributed by atoms with Gasteiger partial charge in [0, 0.05) is 18.0 Å². The summed E-state index contributed by atoms with van der Waals surface area (Å²) in [4.78, 5) is 4.32. The van der Waals surface area contributed by atoms with Crippen molar-refractivity contribution in [3.05, 3.63) is 89.0 Å². The third-order valence-corrected chi connectivity index (χ3v) is 5.73. The molecule has 2 aromatic carbocycles. The van der Waals surface area contributed by atoms with Crippen molar-refractivity contribution in [2.75, 3.05) is 7.11 Å². The molecule has 3 heterocycles. The van der Waals surface area contributed by atoms with Crippen molar-refractivity contribution in [1.82, 2.24) is 19.8 Å². The summed E-state index contributed by atoms with van der Waals surface area (Å²) in [5.41, 5.74) is 5.20. The van der Waals surface area contributed by atoms with Crippen molar-refractivity contribution < 1.29 is 9.26 Å². The minimum Gasteiger partial charge on any atom is -0.495 e. The third-order valence-electron chi connectivity index (χ3n) is 5.30. The maximum Gasteiger partial charge on any atom is 0.186 e. The van der Waals surface area contributed by atoms with Crippen LogP contribution in [0, 0.1) is 11.8 Å². The molecule has 8 heteroatoms. The average molecular weight is 477 g/mol. The molecule has 3 aromatic heterocycles. The van der Waals surface area contributed by atoms with Crippen LogP contribution in [-0.2, 0) is 10.8 Å². The lowest BCUT2D eigenvalue weighted by Crippen LogP contribution is -2.04. The summed E-state index contributed by atoms with van der Waals surface area (Å²) < 4.78 is 12.0. The van der Waals surface area contributed by atoms with E-state index in [0.29, 0.717) is 29.0 Å². The summed E-state index contributed by atoms with van der Waals surface area (Å²) in [7, 11) is 1.60. The number of aromatic nitrogens is 4. The first-order valence-corrected chi connectivity index (χ1v) is 10.9. The molecule has 0 amide bonds. The van der Waals surface area contributed by atoms with Crippen LogP contribution in [0.25, 0.3) is 16.6 Å². The lowest BCUT2D eigenvalue weighted by molar-refractivity contribution is 0.409. The fourth-order valence-electron chi connectivity index (χ4n) is 3.64. The molecule has 0 aliphatic carbocycles. The second-order valence-electron chi connectivity index (χ2n) is 7.60. The molecular formula is C25H18Cl2N4O2. The van der Waals surface area contributed by atoms with Crippen LogP contribution in [0.4, 0.5) is 0 Å². The highest BCUT2D eigenvalue weighted by Crippen LogP contribution is 2.34. The standard InChI is InChI=1S/C25H18Cl2N4O2/c1-25(26,27)17-6-3-5-16(13-17)14-21-19-10-11-22(32-2)20(24(19)33-30-21)9-8-18-15-28-23-7-4-12-29-31(18)23/h3-7,10-13,15H,14H2,1-2H3. The first-order valence-electron chi connectivity index (χ1n) is 10.2. The normalized spacial score (nSPS) is 11.5. The van der Waals surface area contributed by atoms with Crippen LogP contribution in [0.1, 0.15) is 35.0 Å². The number of ether oxygens (including phenoxy) is 1. The van der Waals surface area contributed by atoms with Gasteiger partial charge in [-0.3, -0.25) is 0 Å². The fraction of sp³-hybridized carbons (Fsp3) is 0.160. The van der Waals surface area contributed by atoms with E-state index < -0.39 is 4.33 Å². The monoisotopic (exact) mass is 476 g/mol. The van der Waals surface area contributed by atoms with Gasteiger partial charge >= 0.3 is 0 Å². The van der Waals surface area contributed by atoms with E-state index >= 15 is 0 Å². The van der Waals surface area contributed by atoms with Crippen molar-refractivity contribution in [1.29, 1.82) is 0 Å². The van der Waals surface area contributed by atoms with Gasteiger partial charge in [0.15, 0.2) is 11.2 Å². The van der Waals surface area contributed by atoms with E-state index in [4.69, 9.17) is 32.5 Å². The van der Waals surface area contributed by atoms with Gasteiger partial charge in [-0.1, -0.05) is 58.5 Å². The van der Waals surface area contributed by atoms with Gasteiger partial charge in [-0.15, -0.1) is 0 Å². The Labute approximate surface area is 200 Å². The zero-order valence-corrected chi connectivity index (χ0v) is 19.4. The molecule has 0 N–H and O–H groups in total. The summed E-state index contributed by atoms with van der Waals surface area (Å²) in [6.07, 6.45) is 3.93. The Kier molecular flexibility index (Phi) is 5.45. The molecule has 0 aliphatic heterocycles. The van der Waals surface area contributed by atoms with E-state index in [0.717, 1.165) is 27.9 Å². The van der Waals surface area contributed by atoms with Gasteiger partial charge in [0.25, 0.3) is 0 Å². The molecule has 0 radical (unpaired) electrons. The van der Waals surface area contributed by atoms with Crippen LogP contribution in [-0.4, -0.2) is 26.9 Å². The molecule has 5 aromatic rings. The highest BCUT2D eigenvalue weighted by atomic mass is 35.5. The highest BCUT2D eigenvalue weighted by Gasteiger charge is 2.20. The maximum absolute atomic E-state index is 6.27. The van der Waals surface area contributed by atoms with Crippen molar-refractivity contribution in [3.63, 3.8) is 0 Å².